The third-order valence-corrected chi connectivity index (χ3v) is 7.61. The molecule has 2 rings (SSSR count). The highest BCUT2D eigenvalue weighted by Crippen LogP contribution is 2.53. The first-order chi connectivity index (χ1) is 10.9. The molecule has 0 radical (unpaired) electrons. The summed E-state index contributed by atoms with van der Waals surface area (Å²) in [5, 5.41) is 5.39. The van der Waals surface area contributed by atoms with E-state index >= 15 is 0 Å². The van der Waals surface area contributed by atoms with Gasteiger partial charge >= 0.3 is 21.3 Å². The van der Waals surface area contributed by atoms with Crippen molar-refractivity contribution in [3.05, 3.63) is 0 Å². The zero-order chi connectivity index (χ0) is 18.3. The lowest BCUT2D eigenvalue weighted by Gasteiger charge is -2.34. The molecule has 140 valence electrons. The number of hydrogen-bond donors (Lipinski definition) is 2. The quantitative estimate of drug-likeness (QED) is 0.509. The molecule has 2 heterocycles. The van der Waals surface area contributed by atoms with Gasteiger partial charge in [0.15, 0.2) is 0 Å². The van der Waals surface area contributed by atoms with Crippen LogP contribution in [-0.4, -0.2) is 51.5 Å². The highest BCUT2D eigenvalue weighted by atomic mass is 32.2. The first-order valence-corrected chi connectivity index (χ1v) is 10.3. The first-order valence-electron chi connectivity index (χ1n) is 7.87. The van der Waals surface area contributed by atoms with Crippen LogP contribution in [0.1, 0.15) is 46.0 Å². The summed E-state index contributed by atoms with van der Waals surface area (Å²) >= 11 is 1.52. The number of rotatable bonds is 7. The molecule has 0 aliphatic carbocycles. The van der Waals surface area contributed by atoms with Gasteiger partial charge in [-0.15, -0.1) is 0 Å². The topological polar surface area (TPSA) is 101 Å². The van der Waals surface area contributed by atoms with Gasteiger partial charge in [-0.1, -0.05) is 13.8 Å². The highest BCUT2D eigenvalue weighted by molar-refractivity contribution is 8.01. The predicted molar refractivity (Wildman–Crippen MR) is 84.4 cm³/mol. The fraction of sp³-hybridized carbons (Fsp3) is 0.929. The minimum Gasteiger partial charge on any atom is -0.456 e. The normalized spacial score (nSPS) is 30.6. The second-order valence-corrected chi connectivity index (χ2v) is 9.47. The van der Waals surface area contributed by atoms with Gasteiger partial charge in [0.05, 0.1) is 5.60 Å². The van der Waals surface area contributed by atoms with Gasteiger partial charge in [-0.05, 0) is 38.0 Å². The fourth-order valence-corrected chi connectivity index (χ4v) is 5.58. The molecule has 0 saturated carbocycles. The molecule has 2 fully saturated rings. The van der Waals surface area contributed by atoms with Crippen LogP contribution >= 0.6 is 11.8 Å². The van der Waals surface area contributed by atoms with E-state index in [1.54, 1.807) is 0 Å². The molecule has 0 amide bonds. The van der Waals surface area contributed by atoms with Crippen LogP contribution in [0.3, 0.4) is 0 Å². The van der Waals surface area contributed by atoms with E-state index in [2.05, 4.69) is 0 Å². The van der Waals surface area contributed by atoms with E-state index in [9.17, 15) is 27.1 Å². The molecular formula is C14H22F2O6S2. The fourth-order valence-electron chi connectivity index (χ4n) is 3.45. The maximum atomic E-state index is 13.3. The number of carbonyl (C=O) groups is 1. The van der Waals surface area contributed by atoms with Crippen molar-refractivity contribution in [1.29, 1.82) is 0 Å². The first kappa shape index (κ1) is 19.9. The summed E-state index contributed by atoms with van der Waals surface area (Å²) in [4.78, 5) is 11.5. The van der Waals surface area contributed by atoms with E-state index in [1.165, 1.54) is 11.8 Å². The van der Waals surface area contributed by atoms with Gasteiger partial charge in [-0.2, -0.15) is 29.0 Å². The molecular weight excluding hydrogens is 366 g/mol. The van der Waals surface area contributed by atoms with Gasteiger partial charge in [0.1, 0.15) is 6.10 Å². The molecule has 2 N–H and O–H groups in total. The summed E-state index contributed by atoms with van der Waals surface area (Å²) in [5.74, 6) is -2.24. The molecule has 10 heteroatoms. The summed E-state index contributed by atoms with van der Waals surface area (Å²) in [6, 6.07) is 0. The SMILES string of the molecule is CCC(O)(CC)CC1CC2CC(OC(=O)C(F)(F)S(=O)(=O)O)C1S2. The summed E-state index contributed by atoms with van der Waals surface area (Å²) in [6.07, 6.45) is 1.95. The summed E-state index contributed by atoms with van der Waals surface area (Å²) in [6.45, 7) is 3.74. The number of halogens is 2. The molecule has 0 aromatic rings. The lowest BCUT2D eigenvalue weighted by Crippen LogP contribution is -2.44. The number of carbonyl (C=O) groups excluding carboxylic acids is 1. The highest BCUT2D eigenvalue weighted by Gasteiger charge is 2.57. The van der Waals surface area contributed by atoms with Crippen LogP contribution in [-0.2, 0) is 19.6 Å². The predicted octanol–water partition coefficient (Wildman–Crippen LogP) is 2.21. The van der Waals surface area contributed by atoms with E-state index in [4.69, 9.17) is 9.29 Å². The molecule has 0 aromatic carbocycles. The van der Waals surface area contributed by atoms with E-state index in [0.29, 0.717) is 25.7 Å². The van der Waals surface area contributed by atoms with Crippen molar-refractivity contribution in [2.24, 2.45) is 5.92 Å². The van der Waals surface area contributed by atoms with Gasteiger partial charge in [0.2, 0.25) is 0 Å². The maximum Gasteiger partial charge on any atom is 0.465 e. The second-order valence-electron chi connectivity index (χ2n) is 6.53. The molecule has 4 unspecified atom stereocenters. The minimum atomic E-state index is -5.86. The third kappa shape index (κ3) is 3.71. The molecule has 2 saturated heterocycles. The number of esters is 1. The average molecular weight is 388 g/mol. The molecule has 24 heavy (non-hydrogen) atoms. The van der Waals surface area contributed by atoms with Crippen molar-refractivity contribution in [2.45, 2.75) is 73.4 Å². The van der Waals surface area contributed by atoms with Crippen molar-refractivity contribution < 1.29 is 36.4 Å². The second kappa shape index (κ2) is 6.69. The van der Waals surface area contributed by atoms with Crippen LogP contribution in [0.2, 0.25) is 0 Å². The molecule has 0 aromatic heterocycles. The Bertz CT molecular complexity index is 590. The van der Waals surface area contributed by atoms with Gasteiger partial charge in [0.25, 0.3) is 0 Å². The van der Waals surface area contributed by atoms with E-state index < -0.39 is 33.0 Å². The Kier molecular flexibility index (Phi) is 5.54. The number of thioether (sulfide) groups is 1. The average Bonchev–Trinajstić information content (AvgIpc) is 3.05. The largest absolute Gasteiger partial charge is 0.465 e. The molecule has 4 atom stereocenters. The Labute approximate surface area is 144 Å². The van der Waals surface area contributed by atoms with Crippen LogP contribution in [0.5, 0.6) is 0 Å². The Balaban J connectivity index is 2.05. The Morgan fingerprint density at radius 1 is 1.29 bits per heavy atom. The number of aliphatic hydroxyl groups is 1. The zero-order valence-electron chi connectivity index (χ0n) is 13.4. The maximum absolute atomic E-state index is 13.3. The monoisotopic (exact) mass is 388 g/mol. The lowest BCUT2D eigenvalue weighted by atomic mass is 9.78. The Morgan fingerprint density at radius 2 is 1.88 bits per heavy atom. The van der Waals surface area contributed by atoms with Gasteiger partial charge in [0, 0.05) is 10.5 Å². The number of fused-ring (bicyclic) bond motifs is 2. The van der Waals surface area contributed by atoms with Crippen LogP contribution in [0.25, 0.3) is 0 Å². The van der Waals surface area contributed by atoms with Crippen LogP contribution in [0, 0.1) is 5.92 Å². The zero-order valence-corrected chi connectivity index (χ0v) is 15.1. The standard InChI is InChI=1S/C14H22F2O6S2/c1-3-13(18,4-2)7-8-5-9-6-10(11(8)23-9)22-12(17)14(15,16)24(19,20)21/h8-11,18H,3-7H2,1-2H3,(H,19,20,21). The van der Waals surface area contributed by atoms with Crippen LogP contribution < -0.4 is 0 Å². The van der Waals surface area contributed by atoms with Crippen molar-refractivity contribution in [2.75, 3.05) is 0 Å². The van der Waals surface area contributed by atoms with E-state index in [1.807, 2.05) is 13.8 Å². The van der Waals surface area contributed by atoms with E-state index in [-0.39, 0.29) is 16.4 Å². The number of alkyl halides is 2. The minimum absolute atomic E-state index is 0.0100. The summed E-state index contributed by atoms with van der Waals surface area (Å²) in [7, 11) is -5.86. The smallest absolute Gasteiger partial charge is 0.456 e. The van der Waals surface area contributed by atoms with Gasteiger partial charge < -0.3 is 9.84 Å². The van der Waals surface area contributed by atoms with Crippen molar-refractivity contribution in [3.8, 4) is 0 Å². The van der Waals surface area contributed by atoms with Gasteiger partial charge in [-0.3, -0.25) is 4.55 Å². The molecule has 2 aliphatic rings. The number of hydrogen-bond acceptors (Lipinski definition) is 6. The van der Waals surface area contributed by atoms with Crippen molar-refractivity contribution >= 4 is 27.8 Å². The van der Waals surface area contributed by atoms with Crippen LogP contribution in [0.4, 0.5) is 8.78 Å². The Hall–Kier alpha value is -0.450. The third-order valence-electron chi connectivity index (χ3n) is 5.02. The van der Waals surface area contributed by atoms with Gasteiger partial charge in [-0.25, -0.2) is 4.79 Å². The molecule has 6 nitrogen and oxygen atoms in total. The molecule has 2 bridgehead atoms. The summed E-state index contributed by atoms with van der Waals surface area (Å²) < 4.78 is 61.1. The lowest BCUT2D eigenvalue weighted by molar-refractivity contribution is -0.168. The molecule has 2 aliphatic heterocycles. The number of ether oxygens (including phenoxy) is 1. The Morgan fingerprint density at radius 3 is 2.33 bits per heavy atom. The summed E-state index contributed by atoms with van der Waals surface area (Å²) in [5.41, 5.74) is -0.845. The van der Waals surface area contributed by atoms with Crippen LogP contribution in [0.15, 0.2) is 0 Å². The van der Waals surface area contributed by atoms with E-state index in [0.717, 1.165) is 6.42 Å². The van der Waals surface area contributed by atoms with Crippen molar-refractivity contribution in [1.82, 2.24) is 0 Å². The van der Waals surface area contributed by atoms with Crippen molar-refractivity contribution in [3.63, 3.8) is 0 Å². The molecule has 0 spiro atoms.